The fourth-order valence-electron chi connectivity index (χ4n) is 1.56. The van der Waals surface area contributed by atoms with Crippen LogP contribution >= 0.6 is 0 Å². The minimum absolute atomic E-state index is 0.222. The van der Waals surface area contributed by atoms with Crippen LogP contribution in [0.5, 0.6) is 0 Å². The Hall–Kier alpha value is -1.20. The van der Waals surface area contributed by atoms with Crippen LogP contribution in [-0.2, 0) is 19.4 Å². The van der Waals surface area contributed by atoms with E-state index in [1.807, 2.05) is 34.6 Å². The minimum atomic E-state index is -0.566. The molecule has 2 amide bonds. The summed E-state index contributed by atoms with van der Waals surface area (Å²) in [7, 11) is 0. The van der Waals surface area contributed by atoms with Gasteiger partial charge >= 0.3 is 0 Å². The van der Waals surface area contributed by atoms with Crippen LogP contribution in [0.2, 0.25) is 0 Å². The SMILES string of the molecule is CCC(C)(C)OOC(C)(C)CCN1C(=O)C=C(C)C1=O. The van der Waals surface area contributed by atoms with E-state index in [4.69, 9.17) is 9.78 Å². The van der Waals surface area contributed by atoms with Crippen LogP contribution in [0.3, 0.4) is 0 Å². The number of hydrogen-bond acceptors (Lipinski definition) is 4. The first-order valence-corrected chi connectivity index (χ1v) is 6.99. The zero-order valence-electron chi connectivity index (χ0n) is 13.3. The predicted octanol–water partition coefficient (Wildman–Crippen LogP) is 2.61. The maximum absolute atomic E-state index is 11.8. The highest BCUT2D eigenvalue weighted by Crippen LogP contribution is 2.23. The van der Waals surface area contributed by atoms with Gasteiger partial charge in [0.25, 0.3) is 11.8 Å². The van der Waals surface area contributed by atoms with Crippen molar-refractivity contribution < 1.29 is 19.4 Å². The zero-order chi connectivity index (χ0) is 15.6. The summed E-state index contributed by atoms with van der Waals surface area (Å²) in [5, 5.41) is 0. The summed E-state index contributed by atoms with van der Waals surface area (Å²) >= 11 is 0. The van der Waals surface area contributed by atoms with Gasteiger partial charge in [0.15, 0.2) is 0 Å². The molecule has 0 radical (unpaired) electrons. The maximum Gasteiger partial charge on any atom is 0.256 e. The van der Waals surface area contributed by atoms with Gasteiger partial charge in [0.1, 0.15) is 0 Å². The summed E-state index contributed by atoms with van der Waals surface area (Å²) in [5.74, 6) is -0.473. The van der Waals surface area contributed by atoms with Crippen molar-refractivity contribution in [2.75, 3.05) is 6.54 Å². The first kappa shape index (κ1) is 16.9. The van der Waals surface area contributed by atoms with Gasteiger partial charge in [-0.3, -0.25) is 14.5 Å². The molecule has 0 aliphatic carbocycles. The van der Waals surface area contributed by atoms with Gasteiger partial charge in [-0.05, 0) is 47.5 Å². The van der Waals surface area contributed by atoms with E-state index in [1.165, 1.54) is 11.0 Å². The van der Waals surface area contributed by atoms with Crippen LogP contribution in [0.1, 0.15) is 54.4 Å². The lowest BCUT2D eigenvalue weighted by Gasteiger charge is -2.31. The van der Waals surface area contributed by atoms with E-state index in [2.05, 4.69) is 0 Å². The van der Waals surface area contributed by atoms with Crippen molar-refractivity contribution in [2.24, 2.45) is 0 Å². The van der Waals surface area contributed by atoms with E-state index in [9.17, 15) is 9.59 Å². The Morgan fingerprint density at radius 1 is 1.10 bits per heavy atom. The largest absolute Gasteiger partial charge is 0.275 e. The molecule has 0 saturated carbocycles. The quantitative estimate of drug-likeness (QED) is 0.409. The van der Waals surface area contributed by atoms with Crippen LogP contribution in [0, 0.1) is 0 Å². The Morgan fingerprint density at radius 2 is 1.65 bits per heavy atom. The molecular formula is C15H25NO4. The highest BCUT2D eigenvalue weighted by molar-refractivity contribution is 6.15. The first-order chi connectivity index (χ1) is 9.08. The molecule has 0 atom stereocenters. The van der Waals surface area contributed by atoms with Gasteiger partial charge < -0.3 is 0 Å². The van der Waals surface area contributed by atoms with E-state index < -0.39 is 5.60 Å². The van der Waals surface area contributed by atoms with E-state index >= 15 is 0 Å². The number of imide groups is 1. The van der Waals surface area contributed by atoms with Gasteiger partial charge in [0.05, 0.1) is 11.2 Å². The highest BCUT2D eigenvalue weighted by Gasteiger charge is 2.31. The average molecular weight is 283 g/mol. The molecule has 1 aliphatic heterocycles. The smallest absolute Gasteiger partial charge is 0.256 e. The van der Waals surface area contributed by atoms with Crippen molar-refractivity contribution in [3.63, 3.8) is 0 Å². The van der Waals surface area contributed by atoms with Crippen LogP contribution in [0.25, 0.3) is 0 Å². The molecule has 0 aromatic heterocycles. The third-order valence-corrected chi connectivity index (χ3v) is 3.47. The lowest BCUT2D eigenvalue weighted by Crippen LogP contribution is -2.38. The van der Waals surface area contributed by atoms with Crippen molar-refractivity contribution in [1.82, 2.24) is 4.90 Å². The minimum Gasteiger partial charge on any atom is -0.275 e. The second-order valence-corrected chi connectivity index (χ2v) is 6.41. The predicted molar refractivity (Wildman–Crippen MR) is 75.7 cm³/mol. The number of carbonyl (C=O) groups is 2. The van der Waals surface area contributed by atoms with Crippen molar-refractivity contribution in [3.8, 4) is 0 Å². The molecule has 0 aromatic rings. The molecular weight excluding hydrogens is 258 g/mol. The van der Waals surface area contributed by atoms with E-state index in [0.717, 1.165) is 6.42 Å². The van der Waals surface area contributed by atoms with Gasteiger partial charge in [-0.2, -0.15) is 0 Å². The Bertz CT molecular complexity index is 424. The van der Waals surface area contributed by atoms with Crippen LogP contribution in [0.4, 0.5) is 0 Å². The molecule has 5 heteroatoms. The number of amides is 2. The average Bonchev–Trinajstić information content (AvgIpc) is 2.59. The normalized spacial score (nSPS) is 16.9. The highest BCUT2D eigenvalue weighted by atomic mass is 17.2. The number of nitrogens with zero attached hydrogens (tertiary/aromatic N) is 1. The second-order valence-electron chi connectivity index (χ2n) is 6.41. The summed E-state index contributed by atoms with van der Waals surface area (Å²) in [6.45, 7) is 11.7. The first-order valence-electron chi connectivity index (χ1n) is 6.99. The summed E-state index contributed by atoms with van der Waals surface area (Å²) in [5.41, 5.74) is -0.435. The Morgan fingerprint density at radius 3 is 2.10 bits per heavy atom. The van der Waals surface area contributed by atoms with E-state index in [1.54, 1.807) is 6.92 Å². The van der Waals surface area contributed by atoms with Gasteiger partial charge in [0.2, 0.25) is 0 Å². The van der Waals surface area contributed by atoms with E-state index in [0.29, 0.717) is 18.5 Å². The maximum atomic E-state index is 11.8. The molecule has 5 nitrogen and oxygen atoms in total. The zero-order valence-corrected chi connectivity index (χ0v) is 13.3. The molecule has 0 aromatic carbocycles. The molecule has 0 spiro atoms. The van der Waals surface area contributed by atoms with Gasteiger partial charge in [-0.15, -0.1) is 0 Å². The van der Waals surface area contributed by atoms with Gasteiger partial charge in [-0.25, -0.2) is 9.78 Å². The standard InChI is InChI=1S/C15H25NO4/c1-7-14(3,4)19-20-15(5,6)8-9-16-12(17)10-11(2)13(16)18/h10H,7-9H2,1-6H3. The van der Waals surface area contributed by atoms with Crippen LogP contribution < -0.4 is 0 Å². The summed E-state index contributed by atoms with van der Waals surface area (Å²) in [4.78, 5) is 35.5. The molecule has 1 rings (SSSR count). The monoisotopic (exact) mass is 283 g/mol. The third kappa shape index (κ3) is 4.42. The number of hydrogen-bond donors (Lipinski definition) is 0. The van der Waals surface area contributed by atoms with Crippen molar-refractivity contribution >= 4 is 11.8 Å². The Kier molecular flexibility index (Phi) is 5.10. The molecule has 0 fully saturated rings. The topological polar surface area (TPSA) is 55.8 Å². The fraction of sp³-hybridized carbons (Fsp3) is 0.733. The fourth-order valence-corrected chi connectivity index (χ4v) is 1.56. The Labute approximate surface area is 120 Å². The van der Waals surface area contributed by atoms with Gasteiger partial charge in [0, 0.05) is 18.2 Å². The lowest BCUT2D eigenvalue weighted by molar-refractivity contribution is -0.402. The Balaban J connectivity index is 2.48. The van der Waals surface area contributed by atoms with Crippen LogP contribution in [-0.4, -0.2) is 34.5 Å². The van der Waals surface area contributed by atoms with Crippen molar-refractivity contribution in [2.45, 2.75) is 65.6 Å². The second kappa shape index (κ2) is 6.06. The molecule has 114 valence electrons. The number of rotatable bonds is 7. The van der Waals surface area contributed by atoms with Gasteiger partial charge in [-0.1, -0.05) is 6.92 Å². The summed E-state index contributed by atoms with van der Waals surface area (Å²) in [6.07, 6.45) is 2.72. The molecule has 20 heavy (non-hydrogen) atoms. The summed E-state index contributed by atoms with van der Waals surface area (Å²) in [6, 6.07) is 0. The molecule has 0 N–H and O–H groups in total. The number of carbonyl (C=O) groups excluding carboxylic acids is 2. The lowest BCUT2D eigenvalue weighted by atomic mass is 10.1. The molecule has 0 saturated heterocycles. The van der Waals surface area contributed by atoms with Crippen molar-refractivity contribution in [3.05, 3.63) is 11.6 Å². The molecule has 1 heterocycles. The van der Waals surface area contributed by atoms with E-state index in [-0.39, 0.29) is 17.4 Å². The molecule has 1 aliphatic rings. The summed E-state index contributed by atoms with van der Waals surface area (Å²) < 4.78 is 0. The van der Waals surface area contributed by atoms with Crippen molar-refractivity contribution in [1.29, 1.82) is 0 Å². The molecule has 0 bridgehead atoms. The third-order valence-electron chi connectivity index (χ3n) is 3.47. The van der Waals surface area contributed by atoms with Crippen LogP contribution in [0.15, 0.2) is 11.6 Å². The molecule has 0 unspecified atom stereocenters.